The Labute approximate surface area is 86.9 Å². The summed E-state index contributed by atoms with van der Waals surface area (Å²) in [6.07, 6.45) is 2.98. The Kier molecular flexibility index (Phi) is 4.39. The predicted octanol–water partition coefficient (Wildman–Crippen LogP) is 1.39. The van der Waals surface area contributed by atoms with E-state index in [9.17, 15) is 4.79 Å². The van der Waals surface area contributed by atoms with Crippen LogP contribution < -0.4 is 5.32 Å². The van der Waals surface area contributed by atoms with Crippen molar-refractivity contribution in [1.82, 2.24) is 10.2 Å². The molecule has 1 amide bonds. The van der Waals surface area contributed by atoms with E-state index in [-0.39, 0.29) is 0 Å². The van der Waals surface area contributed by atoms with E-state index in [2.05, 4.69) is 26.1 Å². The molecule has 0 aliphatic carbocycles. The summed E-state index contributed by atoms with van der Waals surface area (Å²) in [7, 11) is 0. The average molecular weight is 198 g/mol. The van der Waals surface area contributed by atoms with Crippen LogP contribution in [0.4, 0.5) is 0 Å². The van der Waals surface area contributed by atoms with Gasteiger partial charge in [-0.25, -0.2) is 0 Å². The van der Waals surface area contributed by atoms with E-state index in [1.165, 1.54) is 12.8 Å². The molecule has 82 valence electrons. The molecule has 0 radical (unpaired) electrons. The van der Waals surface area contributed by atoms with E-state index in [1.807, 2.05) is 4.90 Å². The van der Waals surface area contributed by atoms with Gasteiger partial charge < -0.3 is 10.2 Å². The molecule has 1 rings (SSSR count). The summed E-state index contributed by atoms with van der Waals surface area (Å²) >= 11 is 0. The third-order valence-electron chi connectivity index (χ3n) is 2.76. The molecule has 0 saturated carbocycles. The molecule has 0 aromatic carbocycles. The van der Waals surface area contributed by atoms with Crippen LogP contribution >= 0.6 is 0 Å². The maximum absolute atomic E-state index is 11.7. The van der Waals surface area contributed by atoms with Crippen LogP contribution in [0.15, 0.2) is 0 Å². The van der Waals surface area contributed by atoms with Gasteiger partial charge in [-0.05, 0) is 19.8 Å². The maximum Gasteiger partial charge on any atom is 0.224 e. The molecule has 1 fully saturated rings. The van der Waals surface area contributed by atoms with Gasteiger partial charge in [0.25, 0.3) is 0 Å². The van der Waals surface area contributed by atoms with Gasteiger partial charge in [0, 0.05) is 31.6 Å². The predicted molar refractivity (Wildman–Crippen MR) is 58.2 cm³/mol. The van der Waals surface area contributed by atoms with E-state index < -0.39 is 0 Å². The monoisotopic (exact) mass is 198 g/mol. The topological polar surface area (TPSA) is 32.3 Å². The van der Waals surface area contributed by atoms with Gasteiger partial charge in [0.05, 0.1) is 0 Å². The molecule has 14 heavy (non-hydrogen) atoms. The quantitative estimate of drug-likeness (QED) is 0.740. The zero-order chi connectivity index (χ0) is 10.6. The molecule has 1 N–H and O–H groups in total. The van der Waals surface area contributed by atoms with Crippen LogP contribution in [0.2, 0.25) is 0 Å². The van der Waals surface area contributed by atoms with Crippen molar-refractivity contribution < 1.29 is 4.79 Å². The lowest BCUT2D eigenvalue weighted by Crippen LogP contribution is -2.36. The van der Waals surface area contributed by atoms with Crippen LogP contribution in [0, 0.1) is 0 Å². The molecule has 1 atom stereocenters. The molecular formula is C11H22N2O. The van der Waals surface area contributed by atoms with Crippen molar-refractivity contribution in [1.29, 1.82) is 0 Å². The van der Waals surface area contributed by atoms with Crippen LogP contribution in [0.5, 0.6) is 0 Å². The standard InChI is InChI=1S/C11H22N2O/c1-9(2)12-7-6-11(14)13-8-4-5-10(13)3/h9-10,12H,4-8H2,1-3H3. The van der Waals surface area contributed by atoms with Gasteiger partial charge in [-0.1, -0.05) is 13.8 Å². The van der Waals surface area contributed by atoms with Gasteiger partial charge >= 0.3 is 0 Å². The van der Waals surface area contributed by atoms with Gasteiger partial charge in [0.2, 0.25) is 5.91 Å². The Bertz CT molecular complexity index is 192. The van der Waals surface area contributed by atoms with Crippen molar-refractivity contribution in [2.24, 2.45) is 0 Å². The minimum absolute atomic E-state index is 0.308. The maximum atomic E-state index is 11.7. The number of hydrogen-bond acceptors (Lipinski definition) is 2. The number of hydrogen-bond donors (Lipinski definition) is 1. The van der Waals surface area contributed by atoms with E-state index >= 15 is 0 Å². The Hall–Kier alpha value is -0.570. The minimum atomic E-state index is 0.308. The van der Waals surface area contributed by atoms with Crippen molar-refractivity contribution >= 4 is 5.91 Å². The smallest absolute Gasteiger partial charge is 0.224 e. The Morgan fingerprint density at radius 3 is 2.79 bits per heavy atom. The second kappa shape index (κ2) is 5.35. The van der Waals surface area contributed by atoms with Crippen LogP contribution in [0.3, 0.4) is 0 Å². The number of nitrogens with zero attached hydrogens (tertiary/aromatic N) is 1. The third-order valence-corrected chi connectivity index (χ3v) is 2.76. The molecule has 1 aliphatic rings. The van der Waals surface area contributed by atoms with Crippen molar-refractivity contribution in [2.75, 3.05) is 13.1 Å². The molecule has 1 aliphatic heterocycles. The second-order valence-electron chi connectivity index (χ2n) is 4.44. The minimum Gasteiger partial charge on any atom is -0.340 e. The fraction of sp³-hybridized carbons (Fsp3) is 0.909. The Morgan fingerprint density at radius 1 is 1.57 bits per heavy atom. The van der Waals surface area contributed by atoms with Gasteiger partial charge in [-0.3, -0.25) is 4.79 Å². The fourth-order valence-electron chi connectivity index (χ4n) is 1.92. The van der Waals surface area contributed by atoms with Crippen LogP contribution in [-0.4, -0.2) is 36.0 Å². The summed E-state index contributed by atoms with van der Waals surface area (Å²) in [6, 6.07) is 0.931. The lowest BCUT2D eigenvalue weighted by atomic mass is 10.2. The van der Waals surface area contributed by atoms with Crippen molar-refractivity contribution in [2.45, 2.75) is 52.1 Å². The molecular weight excluding hydrogens is 176 g/mol. The van der Waals surface area contributed by atoms with Crippen LogP contribution in [0.1, 0.15) is 40.0 Å². The molecule has 0 aromatic heterocycles. The summed E-state index contributed by atoms with van der Waals surface area (Å²) < 4.78 is 0. The molecule has 3 heteroatoms. The summed E-state index contributed by atoms with van der Waals surface area (Å²) in [5, 5.41) is 3.27. The number of amides is 1. The van der Waals surface area contributed by atoms with Crippen LogP contribution in [-0.2, 0) is 4.79 Å². The molecule has 0 bridgehead atoms. The van der Waals surface area contributed by atoms with E-state index in [0.717, 1.165) is 13.1 Å². The van der Waals surface area contributed by atoms with E-state index in [1.54, 1.807) is 0 Å². The largest absolute Gasteiger partial charge is 0.340 e. The molecule has 1 unspecified atom stereocenters. The highest BCUT2D eigenvalue weighted by Gasteiger charge is 2.24. The second-order valence-corrected chi connectivity index (χ2v) is 4.44. The summed E-state index contributed by atoms with van der Waals surface area (Å²) in [5.41, 5.74) is 0. The van der Waals surface area contributed by atoms with Gasteiger partial charge in [0.15, 0.2) is 0 Å². The first kappa shape index (κ1) is 11.5. The summed E-state index contributed by atoms with van der Waals surface area (Å²) in [6.45, 7) is 8.11. The SMILES string of the molecule is CC(C)NCCC(=O)N1CCCC1C. The molecule has 1 heterocycles. The van der Waals surface area contributed by atoms with Crippen LogP contribution in [0.25, 0.3) is 0 Å². The zero-order valence-corrected chi connectivity index (χ0v) is 9.55. The highest BCUT2D eigenvalue weighted by Crippen LogP contribution is 2.16. The van der Waals surface area contributed by atoms with Gasteiger partial charge in [-0.15, -0.1) is 0 Å². The summed E-state index contributed by atoms with van der Waals surface area (Å²) in [4.78, 5) is 13.7. The molecule has 3 nitrogen and oxygen atoms in total. The lowest BCUT2D eigenvalue weighted by molar-refractivity contribution is -0.131. The number of carbonyl (C=O) groups is 1. The molecule has 1 saturated heterocycles. The first-order valence-corrected chi connectivity index (χ1v) is 5.64. The first-order valence-electron chi connectivity index (χ1n) is 5.64. The van der Waals surface area contributed by atoms with Crippen molar-refractivity contribution in [3.8, 4) is 0 Å². The lowest BCUT2D eigenvalue weighted by Gasteiger charge is -2.21. The normalized spacial score (nSPS) is 22.0. The third kappa shape index (κ3) is 3.29. The Morgan fingerprint density at radius 2 is 2.29 bits per heavy atom. The van der Waals surface area contributed by atoms with Gasteiger partial charge in [0.1, 0.15) is 0 Å². The molecule has 0 spiro atoms. The van der Waals surface area contributed by atoms with Crippen molar-refractivity contribution in [3.63, 3.8) is 0 Å². The van der Waals surface area contributed by atoms with Gasteiger partial charge in [-0.2, -0.15) is 0 Å². The zero-order valence-electron chi connectivity index (χ0n) is 9.55. The average Bonchev–Trinajstić information content (AvgIpc) is 2.50. The van der Waals surface area contributed by atoms with E-state index in [4.69, 9.17) is 0 Å². The van der Waals surface area contributed by atoms with Crippen molar-refractivity contribution in [3.05, 3.63) is 0 Å². The number of carbonyl (C=O) groups excluding carboxylic acids is 1. The number of likely N-dealkylation sites (tertiary alicyclic amines) is 1. The highest BCUT2D eigenvalue weighted by atomic mass is 16.2. The first-order chi connectivity index (χ1) is 6.61. The summed E-state index contributed by atoms with van der Waals surface area (Å²) in [5.74, 6) is 0.308. The van der Waals surface area contributed by atoms with E-state index in [0.29, 0.717) is 24.4 Å². The highest BCUT2D eigenvalue weighted by molar-refractivity contribution is 5.76. The molecule has 0 aromatic rings. The number of nitrogens with one attached hydrogen (secondary N) is 1. The fourth-order valence-corrected chi connectivity index (χ4v) is 1.92. The number of rotatable bonds is 4. The Balaban J connectivity index is 2.21.